The molecule has 0 radical (unpaired) electrons. The zero-order chi connectivity index (χ0) is 19.9. The number of carbonyl (C=O) groups excluding carboxylic acids is 2. The van der Waals surface area contributed by atoms with Crippen molar-refractivity contribution in [2.75, 3.05) is 13.2 Å². The highest BCUT2D eigenvalue weighted by molar-refractivity contribution is 6.13. The van der Waals surface area contributed by atoms with Gasteiger partial charge in [0.25, 0.3) is 0 Å². The van der Waals surface area contributed by atoms with E-state index in [1.807, 2.05) is 61.0 Å². The van der Waals surface area contributed by atoms with Gasteiger partial charge in [-0.3, -0.25) is 14.6 Å². The molecular formula is C23H24N2O3. The highest BCUT2D eigenvalue weighted by Gasteiger charge is 2.23. The minimum absolute atomic E-state index is 0.0673. The molecule has 144 valence electrons. The number of ether oxygens (including phenoxy) is 1. The van der Waals surface area contributed by atoms with Gasteiger partial charge in [0.1, 0.15) is 6.54 Å². The van der Waals surface area contributed by atoms with Crippen LogP contribution in [0.3, 0.4) is 0 Å². The first-order valence-electron chi connectivity index (χ1n) is 9.41. The van der Waals surface area contributed by atoms with Gasteiger partial charge in [-0.2, -0.15) is 0 Å². The Labute approximate surface area is 164 Å². The minimum atomic E-state index is -0.503. The number of carbonyl (C=O) groups is 2. The molecule has 0 aliphatic heterocycles. The first-order chi connectivity index (χ1) is 13.6. The topological polar surface area (TPSA) is 60.7 Å². The molecule has 1 heterocycles. The summed E-state index contributed by atoms with van der Waals surface area (Å²) in [5.74, 6) is -0.724. The van der Waals surface area contributed by atoms with Crippen LogP contribution < -0.4 is 0 Å². The quantitative estimate of drug-likeness (QED) is 0.412. The molecule has 2 aromatic rings. The van der Waals surface area contributed by atoms with Crippen LogP contribution >= 0.6 is 0 Å². The lowest BCUT2D eigenvalue weighted by molar-refractivity contribution is -0.140. The molecule has 0 saturated carbocycles. The van der Waals surface area contributed by atoms with Gasteiger partial charge in [0.2, 0.25) is 5.78 Å². The van der Waals surface area contributed by atoms with E-state index in [0.717, 1.165) is 35.0 Å². The number of hydrogen-bond donors (Lipinski definition) is 0. The molecule has 1 aromatic heterocycles. The maximum absolute atomic E-state index is 13.1. The SMILES string of the molecule is CCC=NCC(=O)OCC(=O)c1c(C2=CC=CCC=C2)n(C)c2ccccc12. The second-order valence-corrected chi connectivity index (χ2v) is 6.50. The van der Waals surface area contributed by atoms with Crippen LogP contribution in [0.1, 0.15) is 35.8 Å². The third-order valence-electron chi connectivity index (χ3n) is 4.54. The van der Waals surface area contributed by atoms with Crippen molar-refractivity contribution in [3.8, 4) is 0 Å². The van der Waals surface area contributed by atoms with Crippen LogP contribution in [0.25, 0.3) is 16.5 Å². The molecule has 0 fully saturated rings. The molecule has 1 aliphatic carbocycles. The number of para-hydroxylation sites is 1. The second kappa shape index (κ2) is 9.13. The number of benzene rings is 1. The van der Waals surface area contributed by atoms with Crippen LogP contribution in [0, 0.1) is 0 Å². The molecule has 0 amide bonds. The second-order valence-electron chi connectivity index (χ2n) is 6.50. The largest absolute Gasteiger partial charge is 0.456 e. The zero-order valence-electron chi connectivity index (χ0n) is 16.2. The van der Waals surface area contributed by atoms with E-state index in [1.54, 1.807) is 6.21 Å². The van der Waals surface area contributed by atoms with E-state index in [9.17, 15) is 9.59 Å². The van der Waals surface area contributed by atoms with E-state index in [2.05, 4.69) is 17.1 Å². The van der Waals surface area contributed by atoms with E-state index < -0.39 is 5.97 Å². The van der Waals surface area contributed by atoms with Crippen molar-refractivity contribution in [2.45, 2.75) is 19.8 Å². The van der Waals surface area contributed by atoms with Crippen molar-refractivity contribution in [1.82, 2.24) is 4.57 Å². The third kappa shape index (κ3) is 4.19. The number of aryl methyl sites for hydroxylation is 1. The third-order valence-corrected chi connectivity index (χ3v) is 4.54. The number of aromatic nitrogens is 1. The average Bonchev–Trinajstić information content (AvgIpc) is 2.86. The molecule has 28 heavy (non-hydrogen) atoms. The molecule has 0 unspecified atom stereocenters. The van der Waals surface area contributed by atoms with E-state index in [0.29, 0.717) is 5.56 Å². The first-order valence-corrected chi connectivity index (χ1v) is 9.41. The summed E-state index contributed by atoms with van der Waals surface area (Å²) in [5.41, 5.74) is 3.32. The lowest BCUT2D eigenvalue weighted by Gasteiger charge is -2.09. The smallest absolute Gasteiger partial charge is 0.328 e. The molecule has 1 aliphatic rings. The van der Waals surface area contributed by atoms with Crippen LogP contribution in [-0.4, -0.2) is 35.7 Å². The van der Waals surface area contributed by atoms with Crippen LogP contribution in [0.4, 0.5) is 0 Å². The lowest BCUT2D eigenvalue weighted by Crippen LogP contribution is -2.17. The van der Waals surface area contributed by atoms with Crippen LogP contribution in [0.2, 0.25) is 0 Å². The molecule has 5 heteroatoms. The maximum atomic E-state index is 13.1. The van der Waals surface area contributed by atoms with Crippen LogP contribution in [-0.2, 0) is 16.6 Å². The Balaban J connectivity index is 1.95. The van der Waals surface area contributed by atoms with Gasteiger partial charge < -0.3 is 9.30 Å². The van der Waals surface area contributed by atoms with Crippen molar-refractivity contribution >= 4 is 34.4 Å². The fraction of sp³-hybridized carbons (Fsp3) is 0.261. The predicted molar refractivity (Wildman–Crippen MR) is 113 cm³/mol. The van der Waals surface area contributed by atoms with Gasteiger partial charge in [0.15, 0.2) is 6.61 Å². The normalized spacial score (nSPS) is 13.7. The molecule has 0 saturated heterocycles. The standard InChI is InChI=1S/C23H24N2O3/c1-3-14-24-15-21(27)28-16-20(26)22-18-12-8-9-13-19(18)25(2)23(22)17-10-6-4-5-7-11-17/h4,6-14H,3,5,15-16H2,1-2H3. The number of rotatable bonds is 7. The molecule has 5 nitrogen and oxygen atoms in total. The summed E-state index contributed by atoms with van der Waals surface area (Å²) in [5, 5.41) is 0.854. The first kappa shape index (κ1) is 19.5. The van der Waals surface area contributed by atoms with Crippen molar-refractivity contribution < 1.29 is 14.3 Å². The van der Waals surface area contributed by atoms with E-state index in [4.69, 9.17) is 4.74 Å². The van der Waals surface area contributed by atoms with E-state index >= 15 is 0 Å². The van der Waals surface area contributed by atoms with Crippen LogP contribution in [0.5, 0.6) is 0 Å². The summed E-state index contributed by atoms with van der Waals surface area (Å²) in [4.78, 5) is 28.8. The summed E-state index contributed by atoms with van der Waals surface area (Å²) in [6, 6.07) is 7.77. The Morgan fingerprint density at radius 1 is 1.25 bits per heavy atom. The summed E-state index contributed by atoms with van der Waals surface area (Å²) >= 11 is 0. The van der Waals surface area contributed by atoms with Gasteiger partial charge in [0, 0.05) is 18.0 Å². The number of aliphatic imine (C=N–C) groups is 1. The lowest BCUT2D eigenvalue weighted by atomic mass is 10.0. The summed E-state index contributed by atoms with van der Waals surface area (Å²) in [6.45, 7) is 1.57. The Morgan fingerprint density at radius 3 is 2.89 bits per heavy atom. The van der Waals surface area contributed by atoms with Crippen molar-refractivity contribution in [3.05, 3.63) is 65.9 Å². The van der Waals surface area contributed by atoms with Gasteiger partial charge in [-0.05, 0) is 30.7 Å². The van der Waals surface area contributed by atoms with Gasteiger partial charge in [0.05, 0.1) is 11.3 Å². The van der Waals surface area contributed by atoms with Gasteiger partial charge in [-0.1, -0.05) is 55.5 Å². The Hall–Kier alpha value is -3.21. The minimum Gasteiger partial charge on any atom is -0.456 e. The number of fused-ring (bicyclic) bond motifs is 1. The highest BCUT2D eigenvalue weighted by Crippen LogP contribution is 2.32. The summed E-state index contributed by atoms with van der Waals surface area (Å²) in [6.07, 6.45) is 13.4. The number of ketones is 1. The fourth-order valence-electron chi connectivity index (χ4n) is 3.28. The Morgan fingerprint density at radius 2 is 2.07 bits per heavy atom. The molecule has 1 aromatic carbocycles. The predicted octanol–water partition coefficient (Wildman–Crippen LogP) is 4.28. The van der Waals surface area contributed by atoms with Gasteiger partial charge in [-0.25, -0.2) is 0 Å². The number of esters is 1. The van der Waals surface area contributed by atoms with Gasteiger partial charge in [-0.15, -0.1) is 0 Å². The number of hydrogen-bond acceptors (Lipinski definition) is 4. The average molecular weight is 376 g/mol. The fourth-order valence-corrected chi connectivity index (χ4v) is 3.28. The molecule has 3 rings (SSSR count). The van der Waals surface area contributed by atoms with Crippen molar-refractivity contribution in [1.29, 1.82) is 0 Å². The maximum Gasteiger partial charge on any atom is 0.328 e. The van der Waals surface area contributed by atoms with E-state index in [-0.39, 0.29) is 18.9 Å². The Bertz CT molecular complexity index is 1010. The van der Waals surface area contributed by atoms with E-state index in [1.165, 1.54) is 0 Å². The van der Waals surface area contributed by atoms with Crippen molar-refractivity contribution in [3.63, 3.8) is 0 Å². The summed E-state index contributed by atoms with van der Waals surface area (Å²) < 4.78 is 7.19. The summed E-state index contributed by atoms with van der Waals surface area (Å²) in [7, 11) is 1.95. The Kier molecular flexibility index (Phi) is 6.37. The number of nitrogens with zero attached hydrogens (tertiary/aromatic N) is 2. The van der Waals surface area contributed by atoms with Gasteiger partial charge >= 0.3 is 5.97 Å². The zero-order valence-corrected chi connectivity index (χ0v) is 16.2. The molecule has 0 spiro atoms. The number of allylic oxidation sites excluding steroid dienone is 6. The van der Waals surface area contributed by atoms with Crippen LogP contribution in [0.15, 0.2) is 59.6 Å². The molecule has 0 bridgehead atoms. The monoisotopic (exact) mass is 376 g/mol. The highest BCUT2D eigenvalue weighted by atomic mass is 16.5. The van der Waals surface area contributed by atoms with Crippen molar-refractivity contribution in [2.24, 2.45) is 12.0 Å². The number of Topliss-reactive ketones (excluding diaryl/α,β-unsaturated/α-hetero) is 1. The molecule has 0 atom stereocenters. The molecule has 0 N–H and O–H groups in total. The molecular weight excluding hydrogens is 352 g/mol.